The number of benzene rings is 3. The van der Waals surface area contributed by atoms with Crippen molar-refractivity contribution in [3.05, 3.63) is 88.0 Å². The lowest BCUT2D eigenvalue weighted by atomic mass is 10.1. The number of alkyl halides is 3. The fourth-order valence-corrected chi connectivity index (χ4v) is 2.84. The Morgan fingerprint density at radius 3 is 1.94 bits per heavy atom. The van der Waals surface area contributed by atoms with Crippen molar-refractivity contribution in [3.8, 4) is 34.3 Å². The topological polar surface area (TPSA) is 91.3 Å². The normalized spacial score (nSPS) is 11.4. The first-order valence-corrected chi connectivity index (χ1v) is 9.05. The number of nitrogens with zero attached hydrogens (tertiary/aromatic N) is 3. The minimum atomic E-state index is -4.45. The molecule has 1 aromatic heterocycles. The monoisotopic (exact) mass is 463 g/mol. The Hall–Kier alpha value is -4.35. The molecule has 0 radical (unpaired) electrons. The molecular formula is C21H10F5N3O4. The van der Waals surface area contributed by atoms with E-state index in [-0.39, 0.29) is 23.0 Å². The van der Waals surface area contributed by atoms with Gasteiger partial charge < -0.3 is 9.26 Å². The predicted molar refractivity (Wildman–Crippen MR) is 103 cm³/mol. The van der Waals surface area contributed by atoms with Crippen LogP contribution in [0.2, 0.25) is 0 Å². The van der Waals surface area contributed by atoms with Gasteiger partial charge in [0.2, 0.25) is 17.5 Å². The first kappa shape index (κ1) is 21.9. The highest BCUT2D eigenvalue weighted by Crippen LogP contribution is 2.32. The summed E-state index contributed by atoms with van der Waals surface area (Å²) in [6.07, 6.45) is -4.45. The van der Waals surface area contributed by atoms with Gasteiger partial charge in [-0.05, 0) is 60.7 Å². The molecule has 168 valence electrons. The molecule has 4 aromatic rings. The van der Waals surface area contributed by atoms with Gasteiger partial charge in [0.05, 0.1) is 10.5 Å². The van der Waals surface area contributed by atoms with Gasteiger partial charge in [0.1, 0.15) is 11.5 Å². The molecule has 0 unspecified atom stereocenters. The lowest BCUT2D eigenvalue weighted by molar-refractivity contribution is -0.390. The van der Waals surface area contributed by atoms with Crippen molar-refractivity contribution in [2.45, 2.75) is 6.18 Å². The number of halogens is 5. The summed E-state index contributed by atoms with van der Waals surface area (Å²) in [7, 11) is 0. The van der Waals surface area contributed by atoms with E-state index >= 15 is 0 Å². The third-order valence-corrected chi connectivity index (χ3v) is 4.40. The number of nitro groups is 1. The molecule has 0 N–H and O–H groups in total. The molecule has 0 spiro atoms. The van der Waals surface area contributed by atoms with E-state index in [0.29, 0.717) is 23.4 Å². The largest absolute Gasteiger partial charge is 0.457 e. The number of nitro benzene ring substituents is 1. The summed E-state index contributed by atoms with van der Waals surface area (Å²) in [5.74, 6) is -2.46. The van der Waals surface area contributed by atoms with E-state index in [1.54, 1.807) is 0 Å². The van der Waals surface area contributed by atoms with Crippen LogP contribution in [-0.2, 0) is 6.18 Å². The molecule has 0 aliphatic rings. The van der Waals surface area contributed by atoms with Gasteiger partial charge >= 0.3 is 11.9 Å². The standard InChI is InChI=1S/C21H10F5N3O4/c22-16-9-12(10-17(23)18(16)29(30)31)20-27-19(28-33-20)11-1-5-14(6-2-11)32-15-7-3-13(4-8-15)21(24,25)26/h1-10H. The molecular weight excluding hydrogens is 453 g/mol. The Morgan fingerprint density at radius 2 is 1.42 bits per heavy atom. The second-order valence-corrected chi connectivity index (χ2v) is 6.62. The highest BCUT2D eigenvalue weighted by Gasteiger charge is 2.30. The van der Waals surface area contributed by atoms with E-state index in [4.69, 9.17) is 9.26 Å². The van der Waals surface area contributed by atoms with Gasteiger partial charge in [-0.1, -0.05) is 5.16 Å². The zero-order valence-corrected chi connectivity index (χ0v) is 16.1. The average molecular weight is 463 g/mol. The molecule has 1 heterocycles. The van der Waals surface area contributed by atoms with Crippen LogP contribution < -0.4 is 4.74 Å². The third kappa shape index (κ3) is 4.63. The van der Waals surface area contributed by atoms with Crippen molar-refractivity contribution >= 4 is 5.69 Å². The maximum absolute atomic E-state index is 13.8. The fourth-order valence-electron chi connectivity index (χ4n) is 2.84. The second kappa shape index (κ2) is 8.30. The van der Waals surface area contributed by atoms with E-state index in [0.717, 1.165) is 12.1 Å². The van der Waals surface area contributed by atoms with Crippen molar-refractivity contribution < 1.29 is 36.1 Å². The number of ether oxygens (including phenoxy) is 1. The number of hydrogen-bond donors (Lipinski definition) is 0. The Labute approximate surface area is 181 Å². The quantitative estimate of drug-likeness (QED) is 0.193. The maximum atomic E-state index is 13.8. The van der Waals surface area contributed by atoms with Gasteiger partial charge in [-0.2, -0.15) is 26.9 Å². The predicted octanol–water partition coefficient (Wildman–Crippen LogP) is 6.40. The van der Waals surface area contributed by atoms with E-state index in [1.165, 1.54) is 36.4 Å². The van der Waals surface area contributed by atoms with Crippen LogP contribution in [0.1, 0.15) is 5.56 Å². The van der Waals surface area contributed by atoms with Gasteiger partial charge in [0.25, 0.3) is 5.89 Å². The highest BCUT2D eigenvalue weighted by molar-refractivity contribution is 5.62. The fraction of sp³-hybridized carbons (Fsp3) is 0.0476. The lowest BCUT2D eigenvalue weighted by Crippen LogP contribution is -2.03. The SMILES string of the molecule is O=[N+]([O-])c1c(F)cc(-c2nc(-c3ccc(Oc4ccc(C(F)(F)F)cc4)cc3)no2)cc1F. The van der Waals surface area contributed by atoms with Gasteiger partial charge in [-0.3, -0.25) is 10.1 Å². The van der Waals surface area contributed by atoms with E-state index in [2.05, 4.69) is 10.1 Å². The second-order valence-electron chi connectivity index (χ2n) is 6.62. The van der Waals surface area contributed by atoms with Crippen LogP contribution in [0.3, 0.4) is 0 Å². The highest BCUT2D eigenvalue weighted by atomic mass is 19.4. The molecule has 0 saturated heterocycles. The van der Waals surface area contributed by atoms with E-state index in [1.807, 2.05) is 0 Å². The summed E-state index contributed by atoms with van der Waals surface area (Å²) in [6.45, 7) is 0. The maximum Gasteiger partial charge on any atom is 0.416 e. The Bertz CT molecular complexity index is 1300. The van der Waals surface area contributed by atoms with Gasteiger partial charge in [-0.15, -0.1) is 0 Å². The molecule has 0 bridgehead atoms. The Balaban J connectivity index is 1.51. The summed E-state index contributed by atoms with van der Waals surface area (Å²) in [5.41, 5.74) is -1.84. The molecule has 4 rings (SSSR count). The lowest BCUT2D eigenvalue weighted by Gasteiger charge is -2.09. The zero-order valence-electron chi connectivity index (χ0n) is 16.1. The average Bonchev–Trinajstić information content (AvgIpc) is 3.23. The van der Waals surface area contributed by atoms with E-state index < -0.39 is 34.0 Å². The number of aromatic nitrogens is 2. The van der Waals surface area contributed by atoms with Crippen molar-refractivity contribution in [1.29, 1.82) is 0 Å². The van der Waals surface area contributed by atoms with Crippen molar-refractivity contribution in [2.24, 2.45) is 0 Å². The van der Waals surface area contributed by atoms with Crippen LogP contribution in [0, 0.1) is 21.7 Å². The van der Waals surface area contributed by atoms with Crippen molar-refractivity contribution in [1.82, 2.24) is 10.1 Å². The van der Waals surface area contributed by atoms with Gasteiger partial charge in [0.15, 0.2) is 0 Å². The molecule has 12 heteroatoms. The van der Waals surface area contributed by atoms with Crippen LogP contribution >= 0.6 is 0 Å². The van der Waals surface area contributed by atoms with Gasteiger partial charge in [0, 0.05) is 11.1 Å². The van der Waals surface area contributed by atoms with Crippen molar-refractivity contribution in [3.63, 3.8) is 0 Å². The van der Waals surface area contributed by atoms with Crippen LogP contribution in [0.15, 0.2) is 65.2 Å². The molecule has 3 aromatic carbocycles. The summed E-state index contributed by atoms with van der Waals surface area (Å²) in [4.78, 5) is 13.5. The molecule has 33 heavy (non-hydrogen) atoms. The minimum absolute atomic E-state index is 0.0604. The zero-order chi connectivity index (χ0) is 23.8. The first-order chi connectivity index (χ1) is 15.6. The summed E-state index contributed by atoms with van der Waals surface area (Å²) in [6, 6.07) is 11.7. The smallest absolute Gasteiger partial charge is 0.416 e. The minimum Gasteiger partial charge on any atom is -0.457 e. The molecule has 0 aliphatic heterocycles. The summed E-state index contributed by atoms with van der Waals surface area (Å²) >= 11 is 0. The molecule has 0 amide bonds. The molecule has 0 saturated carbocycles. The molecule has 7 nitrogen and oxygen atoms in total. The van der Waals surface area contributed by atoms with Crippen LogP contribution in [0.5, 0.6) is 11.5 Å². The van der Waals surface area contributed by atoms with Crippen LogP contribution in [0.4, 0.5) is 27.6 Å². The van der Waals surface area contributed by atoms with Crippen LogP contribution in [-0.4, -0.2) is 15.1 Å². The Kier molecular flexibility index (Phi) is 5.50. The Morgan fingerprint density at radius 1 is 0.879 bits per heavy atom. The number of rotatable bonds is 5. The number of hydrogen-bond acceptors (Lipinski definition) is 6. The van der Waals surface area contributed by atoms with E-state index in [9.17, 15) is 32.1 Å². The van der Waals surface area contributed by atoms with Crippen molar-refractivity contribution in [2.75, 3.05) is 0 Å². The first-order valence-electron chi connectivity index (χ1n) is 9.05. The van der Waals surface area contributed by atoms with Gasteiger partial charge in [-0.25, -0.2) is 0 Å². The summed E-state index contributed by atoms with van der Waals surface area (Å²) in [5, 5.41) is 14.4. The summed E-state index contributed by atoms with van der Waals surface area (Å²) < 4.78 is 76.1. The molecule has 0 atom stereocenters. The molecule has 0 aliphatic carbocycles. The third-order valence-electron chi connectivity index (χ3n) is 4.40. The van der Waals surface area contributed by atoms with Crippen LogP contribution in [0.25, 0.3) is 22.8 Å². The molecule has 0 fully saturated rings.